The van der Waals surface area contributed by atoms with Crippen molar-refractivity contribution in [3.8, 4) is 0 Å². The van der Waals surface area contributed by atoms with E-state index in [1.165, 1.54) is 0 Å². The molecule has 35 heavy (non-hydrogen) atoms. The number of benzene rings is 2. The van der Waals surface area contributed by atoms with Crippen molar-refractivity contribution in [1.82, 2.24) is 0 Å². The van der Waals surface area contributed by atoms with Gasteiger partial charge < -0.3 is 20.4 Å². The normalized spacial score (nSPS) is 10.6. The van der Waals surface area contributed by atoms with Crippen LogP contribution in [0, 0.1) is 0 Å². The first kappa shape index (κ1) is 34.7. The summed E-state index contributed by atoms with van der Waals surface area (Å²) in [5, 5.41) is 41.7. The summed E-state index contributed by atoms with van der Waals surface area (Å²) in [6.07, 6.45) is 5.93. The second-order valence-corrected chi connectivity index (χ2v) is 7.17. The molecular weight excluding hydrogens is 480 g/mol. The number of carbonyl (C=O) groups excluding carboxylic acids is 2. The summed E-state index contributed by atoms with van der Waals surface area (Å²) in [6, 6.07) is 17.4. The third-order valence-electron chi connectivity index (χ3n) is 4.30. The molecular formula is C28H34O6Ti-4. The molecule has 0 amide bonds. The van der Waals surface area contributed by atoms with Gasteiger partial charge in [-0.1, -0.05) is 98.9 Å². The maximum absolute atomic E-state index is 11.9. The fraction of sp³-hybridized carbons (Fsp3) is 0.357. The average molecular weight is 514 g/mol. The van der Waals surface area contributed by atoms with Crippen LogP contribution in [0.2, 0.25) is 0 Å². The zero-order chi connectivity index (χ0) is 25.6. The zero-order valence-corrected chi connectivity index (χ0v) is 22.1. The van der Waals surface area contributed by atoms with Crippen LogP contribution < -0.4 is 20.4 Å². The molecule has 6 nitrogen and oxygen atoms in total. The van der Waals surface area contributed by atoms with Gasteiger partial charge in [-0.15, -0.1) is 13.2 Å². The number of allylic oxidation sites excluding steroid dienone is 2. The number of carbonyl (C=O) groups is 2. The van der Waals surface area contributed by atoms with Gasteiger partial charge in [0.2, 0.25) is 0 Å². The summed E-state index contributed by atoms with van der Waals surface area (Å²) < 4.78 is 0. The molecule has 190 valence electrons. The summed E-state index contributed by atoms with van der Waals surface area (Å²) in [5.41, 5.74) is 1.02. The van der Waals surface area contributed by atoms with Crippen molar-refractivity contribution >= 4 is 23.1 Å². The van der Waals surface area contributed by atoms with E-state index in [0.717, 1.165) is 25.0 Å². The minimum Gasteiger partial charge on any atom is -0.872 e. The number of rotatable bonds is 11. The van der Waals surface area contributed by atoms with E-state index >= 15 is 0 Å². The van der Waals surface area contributed by atoms with E-state index in [2.05, 4.69) is 0 Å². The van der Waals surface area contributed by atoms with Gasteiger partial charge >= 0.3 is 0 Å². The molecule has 0 N–H and O–H groups in total. The molecule has 0 fully saturated rings. The molecule has 0 bridgehead atoms. The maximum atomic E-state index is 11.9. The van der Waals surface area contributed by atoms with Crippen molar-refractivity contribution in [2.75, 3.05) is 13.2 Å². The third-order valence-corrected chi connectivity index (χ3v) is 4.30. The van der Waals surface area contributed by atoms with E-state index in [9.17, 15) is 19.8 Å². The van der Waals surface area contributed by atoms with E-state index < -0.39 is 0 Å². The number of unbranched alkanes of at least 4 members (excludes halogenated alkanes) is 3. The predicted octanol–water partition coefficient (Wildman–Crippen LogP) is 2.00. The van der Waals surface area contributed by atoms with Gasteiger partial charge in [0, 0.05) is 34.6 Å². The van der Waals surface area contributed by atoms with Gasteiger partial charge in [0.25, 0.3) is 0 Å². The largest absolute Gasteiger partial charge is 0.872 e. The Balaban J connectivity index is 0. The van der Waals surface area contributed by atoms with Crippen LogP contribution in [0.5, 0.6) is 0 Å². The molecule has 0 aliphatic rings. The Bertz CT molecular complexity index is 790. The van der Waals surface area contributed by atoms with Gasteiger partial charge in [-0.25, -0.2) is 0 Å². The van der Waals surface area contributed by atoms with Gasteiger partial charge in [-0.2, -0.15) is 0 Å². The smallest absolute Gasteiger partial charge is 0.155 e. The van der Waals surface area contributed by atoms with Gasteiger partial charge in [-0.3, -0.25) is 9.59 Å². The summed E-state index contributed by atoms with van der Waals surface area (Å²) in [6.45, 7) is 3.14. The fourth-order valence-corrected chi connectivity index (χ4v) is 2.76. The minimum atomic E-state index is -0.269. The Kier molecular flexibility index (Phi) is 23.0. The Morgan fingerprint density at radius 3 is 1.20 bits per heavy atom. The number of hydrogen-bond acceptors (Lipinski definition) is 6. The van der Waals surface area contributed by atoms with Crippen molar-refractivity contribution in [3.05, 3.63) is 83.9 Å². The van der Waals surface area contributed by atoms with Crippen LogP contribution in [0.1, 0.15) is 63.5 Å². The molecule has 0 aliphatic heterocycles. The SMILES string of the molecule is CC[O-].CC[O-].O=C(/C=C(\[O-])c1ccccc1)CCCCCCC(=O)/C=C(\[O-])c1ccccc1.[Ti]. The topological polar surface area (TPSA) is 126 Å². The Morgan fingerprint density at radius 2 is 0.914 bits per heavy atom. The zero-order valence-electron chi connectivity index (χ0n) is 20.5. The molecule has 0 spiro atoms. The standard InChI is InChI=1S/C24H26O4.2C2H5O.Ti/c25-21(17-23(27)19-11-5-3-6-12-19)15-9-1-2-10-16-22(26)18-24(28)20-13-7-4-8-14-20;2*1-2-3;/h3-8,11-14,17-18,27-28H,1-2,9-10,15-16H2;2*2H2,1H3;/q;2*-1;/p-2/b23-17-,24-18-;;;. The summed E-state index contributed by atoms with van der Waals surface area (Å²) in [7, 11) is 0. The van der Waals surface area contributed by atoms with Gasteiger partial charge in [-0.05, 0) is 36.1 Å². The minimum absolute atomic E-state index is 0. The van der Waals surface area contributed by atoms with E-state index in [1.54, 1.807) is 62.4 Å². The third kappa shape index (κ3) is 18.5. The van der Waals surface area contributed by atoms with Crippen molar-refractivity contribution < 1.29 is 51.7 Å². The quantitative estimate of drug-likeness (QED) is 0.195. The van der Waals surface area contributed by atoms with Crippen LogP contribution in [0.25, 0.3) is 11.5 Å². The van der Waals surface area contributed by atoms with E-state index in [1.807, 2.05) is 12.1 Å². The van der Waals surface area contributed by atoms with E-state index in [-0.39, 0.29) is 58.0 Å². The summed E-state index contributed by atoms with van der Waals surface area (Å²) >= 11 is 0. The predicted molar refractivity (Wildman–Crippen MR) is 128 cm³/mol. The van der Waals surface area contributed by atoms with Gasteiger partial charge in [0.1, 0.15) is 0 Å². The molecule has 0 atom stereocenters. The van der Waals surface area contributed by atoms with Crippen LogP contribution in [-0.4, -0.2) is 24.8 Å². The molecule has 0 heterocycles. The fourth-order valence-electron chi connectivity index (χ4n) is 2.76. The second kappa shape index (κ2) is 23.2. The Hall–Kier alpha value is -2.51. The summed E-state index contributed by atoms with van der Waals surface area (Å²) in [4.78, 5) is 23.7. The molecule has 0 saturated carbocycles. The first-order chi connectivity index (χ1) is 16.4. The summed E-state index contributed by atoms with van der Waals surface area (Å²) in [5.74, 6) is -0.886. The van der Waals surface area contributed by atoms with Crippen LogP contribution in [0.3, 0.4) is 0 Å². The van der Waals surface area contributed by atoms with Crippen molar-refractivity contribution in [2.24, 2.45) is 0 Å². The van der Waals surface area contributed by atoms with Crippen LogP contribution in [0.4, 0.5) is 0 Å². The molecule has 2 rings (SSSR count). The molecule has 7 heteroatoms. The molecule has 0 aromatic heterocycles. The number of hydrogen-bond donors (Lipinski definition) is 0. The Morgan fingerprint density at radius 1 is 0.629 bits per heavy atom. The molecule has 0 aliphatic carbocycles. The Labute approximate surface area is 223 Å². The van der Waals surface area contributed by atoms with Gasteiger partial charge in [0.05, 0.1) is 0 Å². The molecule has 0 saturated heterocycles. The van der Waals surface area contributed by atoms with Crippen molar-refractivity contribution in [2.45, 2.75) is 52.4 Å². The molecule has 0 unspecified atom stereocenters. The first-order valence-corrected chi connectivity index (χ1v) is 11.5. The van der Waals surface area contributed by atoms with Crippen LogP contribution >= 0.6 is 0 Å². The van der Waals surface area contributed by atoms with Crippen molar-refractivity contribution in [1.29, 1.82) is 0 Å². The maximum Gasteiger partial charge on any atom is 0.155 e. The van der Waals surface area contributed by atoms with Crippen LogP contribution in [0.15, 0.2) is 72.8 Å². The molecule has 2 aromatic carbocycles. The van der Waals surface area contributed by atoms with Crippen molar-refractivity contribution in [3.63, 3.8) is 0 Å². The van der Waals surface area contributed by atoms with Crippen LogP contribution in [-0.2, 0) is 31.3 Å². The van der Waals surface area contributed by atoms with Gasteiger partial charge in [0.15, 0.2) is 11.6 Å². The monoisotopic (exact) mass is 514 g/mol. The van der Waals surface area contributed by atoms with E-state index in [4.69, 9.17) is 10.2 Å². The second-order valence-electron chi connectivity index (χ2n) is 7.17. The number of ketones is 2. The average Bonchev–Trinajstić information content (AvgIpc) is 2.83. The molecule has 2 aromatic rings. The first-order valence-electron chi connectivity index (χ1n) is 11.5. The van der Waals surface area contributed by atoms with E-state index in [0.29, 0.717) is 36.8 Å². The molecule has 0 radical (unpaired) electrons.